The van der Waals surface area contributed by atoms with E-state index < -0.39 is 23.5 Å². The van der Waals surface area contributed by atoms with Gasteiger partial charge in [-0.15, -0.1) is 0 Å². The Morgan fingerprint density at radius 2 is 1.83 bits per heavy atom. The van der Waals surface area contributed by atoms with Crippen LogP contribution in [-0.2, 0) is 17.5 Å². The molecule has 1 heterocycles. The zero-order valence-electron chi connectivity index (χ0n) is 19.5. The lowest BCUT2D eigenvalue weighted by molar-refractivity contribution is -0.137. The quantitative estimate of drug-likeness (QED) is 0.248. The summed E-state index contributed by atoms with van der Waals surface area (Å²) in [5.41, 5.74) is 2.88. The Bertz CT molecular complexity index is 1350. The molecule has 0 aliphatic heterocycles. The van der Waals surface area contributed by atoms with Crippen LogP contribution in [0.3, 0.4) is 0 Å². The number of halogens is 5. The standard InChI is InChI=1S/C27H22ClF4NO3/c1-15-22(26(34)35-2)10-17(13-33-15)20-4-3-5-21(20)23-11-18(27(30,31)32)7-9-25(23)36-14-16-6-8-19(29)12-24(16)28/h6-13H,3-5,14H2,1-2H3. The van der Waals surface area contributed by atoms with E-state index in [4.69, 9.17) is 21.1 Å². The molecule has 1 aliphatic carbocycles. The van der Waals surface area contributed by atoms with Crippen molar-refractivity contribution in [1.82, 2.24) is 4.98 Å². The van der Waals surface area contributed by atoms with Gasteiger partial charge in [-0.2, -0.15) is 13.2 Å². The van der Waals surface area contributed by atoms with Gasteiger partial charge >= 0.3 is 12.1 Å². The number of carbonyl (C=O) groups excluding carboxylic acids is 1. The summed E-state index contributed by atoms with van der Waals surface area (Å²) in [6.45, 7) is 1.62. The number of esters is 1. The van der Waals surface area contributed by atoms with Crippen LogP contribution in [0.1, 0.15) is 57.6 Å². The molecule has 0 saturated carbocycles. The highest BCUT2D eigenvalue weighted by molar-refractivity contribution is 6.31. The SMILES string of the molecule is COC(=O)c1cc(C2=C(c3cc(C(F)(F)F)ccc3OCc3ccc(F)cc3Cl)CCC2)cnc1C. The summed E-state index contributed by atoms with van der Waals surface area (Å²) in [6, 6.07) is 8.82. The zero-order valence-corrected chi connectivity index (χ0v) is 20.3. The van der Waals surface area contributed by atoms with Crippen molar-refractivity contribution in [3.05, 3.63) is 93.0 Å². The molecule has 0 atom stereocenters. The summed E-state index contributed by atoms with van der Waals surface area (Å²) in [4.78, 5) is 16.5. The Balaban J connectivity index is 1.80. The molecule has 9 heteroatoms. The first-order chi connectivity index (χ1) is 17.1. The van der Waals surface area contributed by atoms with Gasteiger partial charge in [-0.1, -0.05) is 17.7 Å². The van der Waals surface area contributed by atoms with E-state index in [1.165, 1.54) is 25.3 Å². The predicted molar refractivity (Wildman–Crippen MR) is 128 cm³/mol. The van der Waals surface area contributed by atoms with E-state index in [-0.39, 0.29) is 17.4 Å². The third kappa shape index (κ3) is 5.38. The number of rotatable bonds is 6. The number of methoxy groups -OCH3 is 1. The number of nitrogens with zero attached hydrogens (tertiary/aromatic N) is 1. The molecule has 0 amide bonds. The summed E-state index contributed by atoms with van der Waals surface area (Å²) >= 11 is 6.09. The number of carbonyl (C=O) groups is 1. The molecular formula is C27H22ClF4NO3. The molecule has 0 unspecified atom stereocenters. The second kappa shape index (κ2) is 10.3. The third-order valence-electron chi connectivity index (χ3n) is 6.09. The van der Waals surface area contributed by atoms with Crippen molar-refractivity contribution in [3.63, 3.8) is 0 Å². The van der Waals surface area contributed by atoms with E-state index in [2.05, 4.69) is 4.98 Å². The van der Waals surface area contributed by atoms with Crippen LogP contribution in [0.5, 0.6) is 5.75 Å². The van der Waals surface area contributed by atoms with Crippen LogP contribution >= 0.6 is 11.6 Å². The Morgan fingerprint density at radius 1 is 1.08 bits per heavy atom. The number of hydrogen-bond acceptors (Lipinski definition) is 4. The summed E-state index contributed by atoms with van der Waals surface area (Å²) in [5.74, 6) is -0.801. The normalized spacial score (nSPS) is 13.8. The van der Waals surface area contributed by atoms with E-state index in [0.717, 1.165) is 23.8 Å². The topological polar surface area (TPSA) is 48.4 Å². The number of ether oxygens (including phenoxy) is 2. The minimum absolute atomic E-state index is 0.0569. The summed E-state index contributed by atoms with van der Waals surface area (Å²) in [6.07, 6.45) is -1.11. The molecule has 188 valence electrons. The number of allylic oxidation sites excluding steroid dienone is 2. The monoisotopic (exact) mass is 519 g/mol. The smallest absolute Gasteiger partial charge is 0.416 e. The lowest BCUT2D eigenvalue weighted by Crippen LogP contribution is -2.07. The van der Waals surface area contributed by atoms with Crippen molar-refractivity contribution < 1.29 is 31.8 Å². The number of hydrogen-bond donors (Lipinski definition) is 0. The van der Waals surface area contributed by atoms with Gasteiger partial charge in [0.1, 0.15) is 18.2 Å². The second-order valence-electron chi connectivity index (χ2n) is 8.39. The molecule has 0 radical (unpaired) electrons. The highest BCUT2D eigenvalue weighted by Crippen LogP contribution is 2.45. The molecule has 4 nitrogen and oxygen atoms in total. The van der Waals surface area contributed by atoms with Crippen molar-refractivity contribution in [2.75, 3.05) is 7.11 Å². The van der Waals surface area contributed by atoms with E-state index in [1.54, 1.807) is 19.2 Å². The van der Waals surface area contributed by atoms with E-state index >= 15 is 0 Å². The zero-order chi connectivity index (χ0) is 26.0. The van der Waals surface area contributed by atoms with Crippen LogP contribution in [0.25, 0.3) is 11.1 Å². The highest BCUT2D eigenvalue weighted by atomic mass is 35.5. The fraction of sp³-hybridized carbons (Fsp3) is 0.259. The number of pyridine rings is 1. The predicted octanol–water partition coefficient (Wildman–Crippen LogP) is 7.66. The van der Waals surface area contributed by atoms with Crippen LogP contribution in [0.15, 0.2) is 48.7 Å². The lowest BCUT2D eigenvalue weighted by atomic mass is 9.94. The fourth-order valence-corrected chi connectivity index (χ4v) is 4.46. The molecular weight excluding hydrogens is 498 g/mol. The van der Waals surface area contributed by atoms with Gasteiger partial charge in [0.25, 0.3) is 0 Å². The Morgan fingerprint density at radius 3 is 2.53 bits per heavy atom. The number of aromatic nitrogens is 1. The molecule has 36 heavy (non-hydrogen) atoms. The Labute approximate surface area is 210 Å². The Hall–Kier alpha value is -3.39. The third-order valence-corrected chi connectivity index (χ3v) is 6.44. The van der Waals surface area contributed by atoms with Crippen molar-refractivity contribution in [2.45, 2.75) is 39.0 Å². The van der Waals surface area contributed by atoms with Crippen LogP contribution in [0.2, 0.25) is 5.02 Å². The maximum absolute atomic E-state index is 13.6. The second-order valence-corrected chi connectivity index (χ2v) is 8.80. The molecule has 3 aromatic rings. The molecule has 0 bridgehead atoms. The van der Waals surface area contributed by atoms with Gasteiger partial charge in [0.05, 0.1) is 29.0 Å². The molecule has 0 fully saturated rings. The van der Waals surface area contributed by atoms with E-state index in [1.807, 2.05) is 0 Å². The Kier molecular flexibility index (Phi) is 7.36. The first-order valence-corrected chi connectivity index (χ1v) is 11.5. The molecule has 0 spiro atoms. The first-order valence-electron chi connectivity index (χ1n) is 11.1. The van der Waals surface area contributed by atoms with Gasteiger partial charge in [0.15, 0.2) is 0 Å². The van der Waals surface area contributed by atoms with Gasteiger partial charge in [-0.3, -0.25) is 4.98 Å². The fourth-order valence-electron chi connectivity index (χ4n) is 4.24. The van der Waals surface area contributed by atoms with Crippen molar-refractivity contribution in [2.24, 2.45) is 0 Å². The molecule has 4 rings (SSSR count). The minimum atomic E-state index is -4.55. The molecule has 1 aromatic heterocycles. The van der Waals surface area contributed by atoms with Gasteiger partial charge in [0, 0.05) is 17.3 Å². The van der Waals surface area contributed by atoms with Crippen LogP contribution < -0.4 is 4.74 Å². The highest BCUT2D eigenvalue weighted by Gasteiger charge is 2.32. The van der Waals surface area contributed by atoms with E-state index in [9.17, 15) is 22.4 Å². The summed E-state index contributed by atoms with van der Waals surface area (Å²) in [7, 11) is 1.27. The van der Waals surface area contributed by atoms with E-state index in [0.29, 0.717) is 52.8 Å². The van der Waals surface area contributed by atoms with Crippen LogP contribution in [0, 0.1) is 12.7 Å². The molecule has 1 aliphatic rings. The largest absolute Gasteiger partial charge is 0.488 e. The van der Waals surface area contributed by atoms with Gasteiger partial charge < -0.3 is 9.47 Å². The number of aryl methyl sites for hydroxylation is 1. The van der Waals surface area contributed by atoms with Gasteiger partial charge in [-0.25, -0.2) is 9.18 Å². The van der Waals surface area contributed by atoms with Crippen LogP contribution in [0.4, 0.5) is 17.6 Å². The lowest BCUT2D eigenvalue weighted by Gasteiger charge is -2.18. The van der Waals surface area contributed by atoms with Crippen molar-refractivity contribution >= 4 is 28.7 Å². The van der Waals surface area contributed by atoms with Gasteiger partial charge in [0.2, 0.25) is 0 Å². The minimum Gasteiger partial charge on any atom is -0.488 e. The van der Waals surface area contributed by atoms with Gasteiger partial charge in [-0.05, 0) is 79.3 Å². The average Bonchev–Trinajstić information content (AvgIpc) is 3.32. The maximum atomic E-state index is 13.6. The molecule has 0 N–H and O–H groups in total. The summed E-state index contributed by atoms with van der Waals surface area (Å²) in [5, 5.41) is 0.158. The molecule has 2 aromatic carbocycles. The number of alkyl halides is 3. The number of benzene rings is 2. The molecule has 0 saturated heterocycles. The van der Waals surface area contributed by atoms with Crippen LogP contribution in [-0.4, -0.2) is 18.1 Å². The van der Waals surface area contributed by atoms with Crippen molar-refractivity contribution in [1.29, 1.82) is 0 Å². The first kappa shape index (κ1) is 25.7. The summed E-state index contributed by atoms with van der Waals surface area (Å²) < 4.78 is 64.9. The maximum Gasteiger partial charge on any atom is 0.416 e. The van der Waals surface area contributed by atoms with Crippen molar-refractivity contribution in [3.8, 4) is 5.75 Å². The average molecular weight is 520 g/mol.